The molecule has 19 heavy (non-hydrogen) atoms. The summed E-state index contributed by atoms with van der Waals surface area (Å²) in [7, 11) is 0. The fourth-order valence-corrected chi connectivity index (χ4v) is 3.67. The second-order valence-electron chi connectivity index (χ2n) is 7.37. The van der Waals surface area contributed by atoms with Crippen molar-refractivity contribution >= 4 is 0 Å². The van der Waals surface area contributed by atoms with Gasteiger partial charge < -0.3 is 10.2 Å². The lowest BCUT2D eigenvalue weighted by molar-refractivity contribution is 0.102. The maximum absolute atomic E-state index is 3.77. The molecule has 2 atom stereocenters. The molecular weight excluding hydrogens is 232 g/mol. The van der Waals surface area contributed by atoms with E-state index in [0.29, 0.717) is 5.41 Å². The van der Waals surface area contributed by atoms with Crippen molar-refractivity contribution in [1.82, 2.24) is 10.2 Å². The van der Waals surface area contributed by atoms with Crippen molar-refractivity contribution in [2.75, 3.05) is 26.2 Å². The van der Waals surface area contributed by atoms with Crippen LogP contribution >= 0.6 is 0 Å². The van der Waals surface area contributed by atoms with E-state index in [9.17, 15) is 0 Å². The minimum Gasteiger partial charge on any atom is -0.313 e. The van der Waals surface area contributed by atoms with Gasteiger partial charge in [0.15, 0.2) is 0 Å². The molecule has 2 nitrogen and oxygen atoms in total. The SMILES string of the molecule is CCCC(C)(CNC1CC1)CN1CCCC(CC)C1. The molecule has 1 saturated carbocycles. The summed E-state index contributed by atoms with van der Waals surface area (Å²) in [6, 6.07) is 0.848. The van der Waals surface area contributed by atoms with Crippen LogP contribution in [0.2, 0.25) is 0 Å². The van der Waals surface area contributed by atoms with Crippen LogP contribution in [0.3, 0.4) is 0 Å². The molecule has 112 valence electrons. The Kier molecular flexibility index (Phi) is 5.70. The Hall–Kier alpha value is -0.0800. The van der Waals surface area contributed by atoms with E-state index in [0.717, 1.165) is 12.0 Å². The van der Waals surface area contributed by atoms with E-state index >= 15 is 0 Å². The number of nitrogens with one attached hydrogen (secondary N) is 1. The van der Waals surface area contributed by atoms with Crippen molar-refractivity contribution in [3.8, 4) is 0 Å². The molecular formula is C17H34N2. The highest BCUT2D eigenvalue weighted by Crippen LogP contribution is 2.29. The van der Waals surface area contributed by atoms with E-state index in [-0.39, 0.29) is 0 Å². The van der Waals surface area contributed by atoms with Crippen molar-refractivity contribution in [1.29, 1.82) is 0 Å². The summed E-state index contributed by atoms with van der Waals surface area (Å²) in [5.41, 5.74) is 0.479. The molecule has 0 radical (unpaired) electrons. The molecule has 2 unspecified atom stereocenters. The summed E-state index contributed by atoms with van der Waals surface area (Å²) in [5, 5.41) is 3.77. The number of rotatable bonds is 8. The van der Waals surface area contributed by atoms with E-state index in [4.69, 9.17) is 0 Å². The van der Waals surface area contributed by atoms with Crippen LogP contribution in [-0.4, -0.2) is 37.1 Å². The predicted octanol–water partition coefficient (Wildman–Crippen LogP) is 3.67. The van der Waals surface area contributed by atoms with Crippen LogP contribution in [0.5, 0.6) is 0 Å². The van der Waals surface area contributed by atoms with Crippen molar-refractivity contribution < 1.29 is 0 Å². The third-order valence-corrected chi connectivity index (χ3v) is 5.03. The third-order valence-electron chi connectivity index (χ3n) is 5.03. The summed E-state index contributed by atoms with van der Waals surface area (Å²) < 4.78 is 0. The third kappa shape index (κ3) is 5.07. The van der Waals surface area contributed by atoms with E-state index in [1.54, 1.807) is 0 Å². The van der Waals surface area contributed by atoms with Crippen LogP contribution in [0.25, 0.3) is 0 Å². The van der Waals surface area contributed by atoms with Gasteiger partial charge in [0.1, 0.15) is 0 Å². The average molecular weight is 266 g/mol. The van der Waals surface area contributed by atoms with Crippen LogP contribution in [-0.2, 0) is 0 Å². The minimum absolute atomic E-state index is 0.479. The van der Waals surface area contributed by atoms with E-state index < -0.39 is 0 Å². The predicted molar refractivity (Wildman–Crippen MR) is 83.5 cm³/mol. The van der Waals surface area contributed by atoms with Crippen LogP contribution < -0.4 is 5.32 Å². The molecule has 2 aliphatic rings. The molecule has 0 aromatic rings. The Morgan fingerprint density at radius 2 is 2.00 bits per heavy atom. The Morgan fingerprint density at radius 1 is 1.21 bits per heavy atom. The fraction of sp³-hybridized carbons (Fsp3) is 1.00. The zero-order valence-corrected chi connectivity index (χ0v) is 13.4. The summed E-state index contributed by atoms with van der Waals surface area (Å²) in [4.78, 5) is 2.75. The molecule has 0 amide bonds. The summed E-state index contributed by atoms with van der Waals surface area (Å²) in [5.74, 6) is 0.955. The first-order chi connectivity index (χ1) is 9.15. The fourth-order valence-electron chi connectivity index (χ4n) is 3.67. The smallest absolute Gasteiger partial charge is 0.00684 e. The van der Waals surface area contributed by atoms with Crippen molar-refractivity contribution in [2.45, 2.75) is 71.8 Å². The molecule has 0 aromatic carbocycles. The first-order valence-corrected chi connectivity index (χ1v) is 8.61. The number of hydrogen-bond acceptors (Lipinski definition) is 2. The zero-order chi connectivity index (χ0) is 13.7. The number of hydrogen-bond donors (Lipinski definition) is 1. The monoisotopic (exact) mass is 266 g/mol. The van der Waals surface area contributed by atoms with Gasteiger partial charge in [0.25, 0.3) is 0 Å². The highest BCUT2D eigenvalue weighted by atomic mass is 15.1. The summed E-state index contributed by atoms with van der Waals surface area (Å²) in [6.45, 7) is 12.4. The number of nitrogens with zero attached hydrogens (tertiary/aromatic N) is 1. The lowest BCUT2D eigenvalue weighted by atomic mass is 9.83. The second kappa shape index (κ2) is 7.08. The largest absolute Gasteiger partial charge is 0.313 e. The van der Waals surface area contributed by atoms with Gasteiger partial charge in [0, 0.05) is 25.7 Å². The van der Waals surface area contributed by atoms with Gasteiger partial charge in [-0.05, 0) is 50.0 Å². The van der Waals surface area contributed by atoms with Gasteiger partial charge in [-0.15, -0.1) is 0 Å². The van der Waals surface area contributed by atoms with Gasteiger partial charge in [0.05, 0.1) is 0 Å². The zero-order valence-electron chi connectivity index (χ0n) is 13.4. The Bertz CT molecular complexity index is 262. The molecule has 0 spiro atoms. The minimum atomic E-state index is 0.479. The second-order valence-corrected chi connectivity index (χ2v) is 7.37. The first kappa shape index (κ1) is 15.3. The standard InChI is InChI=1S/C17H34N2/c1-4-10-17(3,13-18-16-8-9-16)14-19-11-6-7-15(5-2)12-19/h15-16,18H,4-14H2,1-3H3. The van der Waals surface area contributed by atoms with Crippen LogP contribution in [0.4, 0.5) is 0 Å². The van der Waals surface area contributed by atoms with Gasteiger partial charge in [-0.25, -0.2) is 0 Å². The van der Waals surface area contributed by atoms with E-state index in [1.807, 2.05) is 0 Å². The summed E-state index contributed by atoms with van der Waals surface area (Å²) in [6.07, 6.45) is 9.72. The van der Waals surface area contributed by atoms with E-state index in [1.165, 1.54) is 71.1 Å². The molecule has 1 aliphatic heterocycles. The highest BCUT2D eigenvalue weighted by molar-refractivity contribution is 4.88. The van der Waals surface area contributed by atoms with Crippen molar-refractivity contribution in [3.05, 3.63) is 0 Å². The van der Waals surface area contributed by atoms with Crippen LogP contribution in [0, 0.1) is 11.3 Å². The van der Waals surface area contributed by atoms with Gasteiger partial charge in [-0.1, -0.05) is 33.6 Å². The quantitative estimate of drug-likeness (QED) is 0.721. The molecule has 2 fully saturated rings. The molecule has 0 aromatic heterocycles. The maximum Gasteiger partial charge on any atom is 0.00684 e. The molecule has 0 bridgehead atoms. The normalized spacial score (nSPS) is 28.3. The molecule has 1 saturated heterocycles. The lowest BCUT2D eigenvalue weighted by Crippen LogP contribution is -2.46. The average Bonchev–Trinajstić information content (AvgIpc) is 3.21. The lowest BCUT2D eigenvalue weighted by Gasteiger charge is -2.40. The molecule has 2 heteroatoms. The Labute approximate surface area is 120 Å². The first-order valence-electron chi connectivity index (χ1n) is 8.61. The van der Waals surface area contributed by atoms with Crippen LogP contribution in [0.1, 0.15) is 65.7 Å². The molecule has 1 N–H and O–H groups in total. The number of likely N-dealkylation sites (tertiary alicyclic amines) is 1. The molecule has 1 heterocycles. The van der Waals surface area contributed by atoms with E-state index in [2.05, 4.69) is 31.0 Å². The Morgan fingerprint density at radius 3 is 2.63 bits per heavy atom. The van der Waals surface area contributed by atoms with Crippen LogP contribution in [0.15, 0.2) is 0 Å². The van der Waals surface area contributed by atoms with Gasteiger partial charge in [-0.2, -0.15) is 0 Å². The number of piperidine rings is 1. The summed E-state index contributed by atoms with van der Waals surface area (Å²) >= 11 is 0. The topological polar surface area (TPSA) is 15.3 Å². The molecule has 2 rings (SSSR count). The highest BCUT2D eigenvalue weighted by Gasteiger charge is 2.31. The van der Waals surface area contributed by atoms with Gasteiger partial charge in [-0.3, -0.25) is 0 Å². The van der Waals surface area contributed by atoms with Gasteiger partial charge >= 0.3 is 0 Å². The Balaban J connectivity index is 1.82. The van der Waals surface area contributed by atoms with Crippen molar-refractivity contribution in [2.24, 2.45) is 11.3 Å². The van der Waals surface area contributed by atoms with Crippen molar-refractivity contribution in [3.63, 3.8) is 0 Å². The molecule has 1 aliphatic carbocycles. The maximum atomic E-state index is 3.77. The van der Waals surface area contributed by atoms with Gasteiger partial charge in [0.2, 0.25) is 0 Å².